The van der Waals surface area contributed by atoms with Gasteiger partial charge in [0.2, 0.25) is 5.89 Å². The summed E-state index contributed by atoms with van der Waals surface area (Å²) in [6.45, 7) is 52.7. The zero-order valence-corrected chi connectivity index (χ0v) is 61.3. The minimum Gasteiger partial charge on any atom is -0.449 e. The Morgan fingerprint density at radius 3 is 0.888 bits per heavy atom. The van der Waals surface area contributed by atoms with Gasteiger partial charge < -0.3 is 13.4 Å². The summed E-state index contributed by atoms with van der Waals surface area (Å²) in [7, 11) is 3.60. The molecule has 0 aliphatic rings. The Hall–Kier alpha value is -8.36. The number of thiazole rings is 2. The normalized spacial score (nSPS) is 8.51. The van der Waals surface area contributed by atoms with Crippen LogP contribution >= 0.6 is 45.7 Å². The molecule has 0 aromatic carbocycles. The van der Waals surface area contributed by atoms with Crippen molar-refractivity contribution in [3.63, 3.8) is 0 Å². The van der Waals surface area contributed by atoms with Crippen LogP contribution in [0.1, 0.15) is 164 Å². The first-order valence-electron chi connectivity index (χ1n) is 28.4. The monoisotopic (exact) mass is 1310 g/mol. The lowest BCUT2D eigenvalue weighted by Crippen LogP contribution is -1.89. The Kier molecular flexibility index (Phi) is 61.6. The molecule has 0 saturated carbocycles. The topological polar surface area (TPSA) is 354 Å². The van der Waals surface area contributed by atoms with E-state index < -0.39 is 0 Å². The number of hydrogen-bond acceptors (Lipinski definition) is 27. The van der Waals surface area contributed by atoms with Gasteiger partial charge in [0, 0.05) is 37.0 Å². The molecule has 3 N–H and O–H groups in total. The van der Waals surface area contributed by atoms with Crippen LogP contribution in [0.4, 0.5) is 0 Å². The van der Waals surface area contributed by atoms with Crippen molar-refractivity contribution >= 4 is 45.7 Å². The van der Waals surface area contributed by atoms with Crippen LogP contribution in [0.3, 0.4) is 0 Å². The number of aryl methyl sites for hydroxylation is 19. The van der Waals surface area contributed by atoms with Gasteiger partial charge in [-0.1, -0.05) is 79.6 Å². The number of aromatic nitrogens is 25. The highest BCUT2D eigenvalue weighted by Gasteiger charge is 1.94. The van der Waals surface area contributed by atoms with Gasteiger partial charge in [-0.2, -0.15) is 75.0 Å². The molecule has 0 spiro atoms. The smallest absolute Gasteiger partial charge is 0.223 e. The van der Waals surface area contributed by atoms with E-state index in [0.29, 0.717) is 11.7 Å². The van der Waals surface area contributed by atoms with E-state index in [2.05, 4.69) is 134 Å². The number of nitrogens with one attached hydrogen (secondary N) is 3. The van der Waals surface area contributed by atoms with Crippen LogP contribution in [0, 0.1) is 118 Å². The third kappa shape index (κ3) is 54.7. The first kappa shape index (κ1) is 89.4. The van der Waals surface area contributed by atoms with Crippen LogP contribution < -0.4 is 0 Å². The van der Waals surface area contributed by atoms with Crippen molar-refractivity contribution in [1.82, 2.24) is 125 Å². The summed E-state index contributed by atoms with van der Waals surface area (Å²) in [4.78, 5) is 31.8. The molecule has 0 unspecified atom stereocenters. The zero-order chi connectivity index (χ0) is 69.0. The fourth-order valence-electron chi connectivity index (χ4n) is 3.97. The molecule has 0 bridgehead atoms. The molecule has 32 heteroatoms. The van der Waals surface area contributed by atoms with Crippen LogP contribution in [0.5, 0.6) is 0 Å². The van der Waals surface area contributed by atoms with Gasteiger partial charge in [0.15, 0.2) is 18.6 Å². The molecule has 0 saturated heterocycles. The Bertz CT molecular complexity index is 2660. The predicted octanol–water partition coefficient (Wildman–Crippen LogP) is 14.2. The maximum atomic E-state index is 4.85. The van der Waals surface area contributed by atoms with E-state index >= 15 is 0 Å². The fourth-order valence-corrected chi connectivity index (χ4v) is 6.11. The van der Waals surface area contributed by atoms with Crippen molar-refractivity contribution in [1.29, 1.82) is 0 Å². The Morgan fingerprint density at radius 2 is 0.809 bits per heavy atom. The van der Waals surface area contributed by atoms with Crippen LogP contribution in [-0.2, 0) is 14.1 Å². The van der Waals surface area contributed by atoms with Crippen LogP contribution in [0.2, 0.25) is 0 Å². The minimum atomic E-state index is 0.623. The van der Waals surface area contributed by atoms with Gasteiger partial charge in [-0.25, -0.2) is 29.9 Å². The second-order valence-corrected chi connectivity index (χ2v) is 19.5. The van der Waals surface area contributed by atoms with Gasteiger partial charge in [-0.05, 0) is 134 Å². The number of nitrogens with zero attached hydrogens (tertiary/aromatic N) is 22. The Labute approximate surface area is 543 Å². The maximum Gasteiger partial charge on any atom is 0.223 e. The van der Waals surface area contributed by atoms with Crippen LogP contribution in [0.15, 0.2) is 80.5 Å². The van der Waals surface area contributed by atoms with Crippen molar-refractivity contribution in [2.24, 2.45) is 14.1 Å². The molecule has 12 aromatic rings. The molecule has 89 heavy (non-hydrogen) atoms. The average molecular weight is 1310 g/mol. The standard InChI is InChI=1S/2C5H7NO.2C5H7NS.C4H6N2O.2C4H6N2S.5C3H5N3.5C2H6/c4*1-4-5(2)7-3-6-4;3*1-3-5-4(2)7-6-3;1-6-3-2-4-5-6;1-6-4-2-3-5-6;3*1-3-2-4-6-5-3;5*1-2/h4*3H,1-2H3;3*1-2H3;2*2-3H,1H3;3*2H,1H3,(H,4,5,6);5*1-2H3. The van der Waals surface area contributed by atoms with E-state index in [0.717, 1.165) is 73.0 Å². The second kappa shape index (κ2) is 61.3. The Morgan fingerprint density at radius 1 is 0.438 bits per heavy atom. The van der Waals surface area contributed by atoms with E-state index in [1.54, 1.807) is 91.6 Å². The summed E-state index contributed by atoms with van der Waals surface area (Å²) in [5.41, 5.74) is 10.8. The van der Waals surface area contributed by atoms with E-state index in [-0.39, 0.29) is 0 Å². The third-order valence-electron chi connectivity index (χ3n) is 8.51. The lowest BCUT2D eigenvalue weighted by Gasteiger charge is -1.77. The largest absolute Gasteiger partial charge is 0.449 e. The average Bonchev–Trinajstić information content (AvgIpc) is 4.46. The fraction of sp³-hybridized carbons (Fsp3) is 0.509. The molecule has 12 aromatic heterocycles. The number of aromatic amines is 3. The summed E-state index contributed by atoms with van der Waals surface area (Å²) in [6.07, 6.45) is 14.6. The minimum absolute atomic E-state index is 0.623. The van der Waals surface area contributed by atoms with Crippen LogP contribution in [-0.4, -0.2) is 125 Å². The van der Waals surface area contributed by atoms with Crippen molar-refractivity contribution in [3.8, 4) is 0 Å². The van der Waals surface area contributed by atoms with Gasteiger partial charge in [-0.3, -0.25) is 4.68 Å². The summed E-state index contributed by atoms with van der Waals surface area (Å²) < 4.78 is 23.8. The van der Waals surface area contributed by atoms with Crippen LogP contribution in [0.25, 0.3) is 0 Å². The number of rotatable bonds is 0. The molecular formula is C57H101N25O3S4. The van der Waals surface area contributed by atoms with Gasteiger partial charge >= 0.3 is 0 Å². The first-order valence-corrected chi connectivity index (χ1v) is 31.7. The maximum absolute atomic E-state index is 4.85. The summed E-state index contributed by atoms with van der Waals surface area (Å²) >= 11 is 6.27. The van der Waals surface area contributed by atoms with E-state index in [1.165, 1.54) is 50.4 Å². The van der Waals surface area contributed by atoms with Crippen molar-refractivity contribution in [3.05, 3.63) is 162 Å². The first-order chi connectivity index (χ1) is 42.6. The molecule has 0 fully saturated rings. The highest BCUT2D eigenvalue weighted by molar-refractivity contribution is 7.10. The third-order valence-corrected chi connectivity index (χ3v) is 11.7. The summed E-state index contributed by atoms with van der Waals surface area (Å²) in [6, 6.07) is 0. The van der Waals surface area contributed by atoms with Gasteiger partial charge in [0.1, 0.15) is 33.2 Å². The summed E-state index contributed by atoms with van der Waals surface area (Å²) in [5, 5.41) is 49.3. The summed E-state index contributed by atoms with van der Waals surface area (Å²) in [5.74, 6) is 4.88. The molecule has 12 rings (SSSR count). The molecule has 496 valence electrons. The number of oxazole rings is 2. The molecular weight excluding hydrogens is 1210 g/mol. The molecule has 0 atom stereocenters. The van der Waals surface area contributed by atoms with E-state index in [4.69, 9.17) is 8.83 Å². The molecule has 0 aliphatic carbocycles. The number of H-pyrrole nitrogens is 3. The molecule has 12 heterocycles. The number of hydrogen-bond donors (Lipinski definition) is 3. The van der Waals surface area contributed by atoms with E-state index in [9.17, 15) is 0 Å². The second-order valence-electron chi connectivity index (χ2n) is 15.5. The highest BCUT2D eigenvalue weighted by atomic mass is 32.1. The molecule has 28 nitrogen and oxygen atoms in total. The van der Waals surface area contributed by atoms with Crippen molar-refractivity contribution in [2.45, 2.75) is 187 Å². The van der Waals surface area contributed by atoms with Crippen molar-refractivity contribution < 1.29 is 13.4 Å². The lowest BCUT2D eigenvalue weighted by molar-refractivity contribution is 0.389. The SMILES string of the molecule is CC.CC.CC.CC.CC.Cc1cn[nH]n1.Cc1cn[nH]n1.Cc1cn[nH]n1.Cc1ncoc1C.Cc1ncoc1C.Cc1ncsc1C.Cc1ncsc1C.Cc1noc(C)n1.Cc1nsc(C)n1.Cc1nsc(C)n1.Cn1ccnn1.Cn1nccn1. The highest BCUT2D eigenvalue weighted by Crippen LogP contribution is 2.09. The van der Waals surface area contributed by atoms with Gasteiger partial charge in [0.05, 0.1) is 88.1 Å². The Balaban J connectivity index is -0.000000285. The van der Waals surface area contributed by atoms with Gasteiger partial charge in [0.25, 0.3) is 0 Å². The molecule has 0 aliphatic heterocycles. The quantitative estimate of drug-likeness (QED) is 0.127. The van der Waals surface area contributed by atoms with Crippen molar-refractivity contribution in [2.75, 3.05) is 0 Å². The van der Waals surface area contributed by atoms with E-state index in [1.807, 2.05) is 177 Å². The van der Waals surface area contributed by atoms with Gasteiger partial charge in [-0.15, -0.1) is 27.8 Å². The molecule has 0 radical (unpaired) electrons. The molecule has 0 amide bonds. The zero-order valence-electron chi connectivity index (χ0n) is 58.0. The lowest BCUT2D eigenvalue weighted by atomic mass is 10.4. The predicted molar refractivity (Wildman–Crippen MR) is 360 cm³/mol.